The number of nitrogens with one attached hydrogen (secondary N) is 3. The van der Waals surface area contributed by atoms with Gasteiger partial charge in [-0.1, -0.05) is 17.7 Å². The molecule has 0 aromatic heterocycles. The van der Waals surface area contributed by atoms with Crippen molar-refractivity contribution in [2.75, 3.05) is 11.9 Å². The molecule has 0 saturated heterocycles. The first kappa shape index (κ1) is 22.2. The van der Waals surface area contributed by atoms with E-state index in [-0.39, 0.29) is 25.4 Å². The predicted molar refractivity (Wildman–Crippen MR) is 112 cm³/mol. The summed E-state index contributed by atoms with van der Waals surface area (Å²) < 4.78 is 5.33. The van der Waals surface area contributed by atoms with Gasteiger partial charge < -0.3 is 10.1 Å². The molecule has 0 bridgehead atoms. The van der Waals surface area contributed by atoms with Crippen LogP contribution in [-0.4, -0.2) is 24.3 Å². The zero-order valence-electron chi connectivity index (χ0n) is 16.6. The predicted octanol–water partition coefficient (Wildman–Crippen LogP) is 3.21. The zero-order chi connectivity index (χ0) is 21.4. The number of carbonyl (C=O) groups is 3. The van der Waals surface area contributed by atoms with Gasteiger partial charge in [-0.05, 0) is 67.8 Å². The summed E-state index contributed by atoms with van der Waals surface area (Å²) in [5.74, 6) is -0.783. The lowest BCUT2D eigenvalue weighted by molar-refractivity contribution is -0.130. The first-order chi connectivity index (χ1) is 13.7. The van der Waals surface area contributed by atoms with Crippen molar-refractivity contribution in [3.8, 4) is 5.75 Å². The fourth-order valence-electron chi connectivity index (χ4n) is 2.36. The third kappa shape index (κ3) is 7.46. The maximum absolute atomic E-state index is 12.0. The van der Waals surface area contributed by atoms with Crippen molar-refractivity contribution in [1.29, 1.82) is 0 Å². The number of rotatable bonds is 7. The number of benzene rings is 2. The highest BCUT2D eigenvalue weighted by molar-refractivity contribution is 6.31. The third-order valence-corrected chi connectivity index (χ3v) is 4.63. The van der Waals surface area contributed by atoms with Crippen LogP contribution in [0.5, 0.6) is 5.75 Å². The van der Waals surface area contributed by atoms with Gasteiger partial charge in [0.15, 0.2) is 6.61 Å². The number of hydrogen-bond acceptors (Lipinski definition) is 4. The van der Waals surface area contributed by atoms with E-state index in [1.165, 1.54) is 0 Å². The van der Waals surface area contributed by atoms with Crippen LogP contribution in [0.1, 0.15) is 29.5 Å². The molecule has 154 valence electrons. The van der Waals surface area contributed by atoms with Crippen LogP contribution < -0.4 is 20.9 Å². The fraction of sp³-hybridized carbons (Fsp3) is 0.286. The van der Waals surface area contributed by atoms with Crippen LogP contribution in [0.2, 0.25) is 5.02 Å². The van der Waals surface area contributed by atoms with Gasteiger partial charge in [-0.15, -0.1) is 0 Å². The van der Waals surface area contributed by atoms with Crippen LogP contribution in [0.3, 0.4) is 0 Å². The number of halogens is 1. The molecule has 0 unspecified atom stereocenters. The molecule has 3 amide bonds. The molecule has 3 N–H and O–H groups in total. The second-order valence-corrected chi connectivity index (χ2v) is 7.05. The normalized spacial score (nSPS) is 10.2. The van der Waals surface area contributed by atoms with Gasteiger partial charge in [0.05, 0.1) is 0 Å². The minimum atomic E-state index is -0.523. The molecule has 0 aliphatic heterocycles. The van der Waals surface area contributed by atoms with Crippen molar-refractivity contribution in [3.63, 3.8) is 0 Å². The number of ether oxygens (including phenoxy) is 1. The van der Waals surface area contributed by atoms with Crippen molar-refractivity contribution in [2.24, 2.45) is 0 Å². The molecule has 7 nitrogen and oxygen atoms in total. The van der Waals surface area contributed by atoms with Gasteiger partial charge in [0.1, 0.15) is 5.75 Å². The molecule has 0 saturated carbocycles. The van der Waals surface area contributed by atoms with Gasteiger partial charge in [0, 0.05) is 23.6 Å². The summed E-state index contributed by atoms with van der Waals surface area (Å²) in [7, 11) is 0. The Balaban J connectivity index is 1.66. The Labute approximate surface area is 174 Å². The molecular weight excluding hydrogens is 394 g/mol. The molecule has 0 aliphatic carbocycles. The van der Waals surface area contributed by atoms with E-state index in [2.05, 4.69) is 16.2 Å². The van der Waals surface area contributed by atoms with Crippen molar-refractivity contribution in [3.05, 3.63) is 58.1 Å². The average Bonchev–Trinajstić information content (AvgIpc) is 2.68. The number of carbonyl (C=O) groups excluding carboxylic acids is 3. The van der Waals surface area contributed by atoms with Crippen LogP contribution in [0, 0.1) is 20.8 Å². The summed E-state index contributed by atoms with van der Waals surface area (Å²) in [6.45, 7) is 5.50. The standard InChI is InChI=1S/C21H24ClN3O4/c1-13-4-5-16(10-14(13)2)23-19(26)8-9-20(27)24-25-21(28)12-29-17-6-7-18(22)15(3)11-17/h4-7,10-11H,8-9,12H2,1-3H3,(H,23,26)(H,24,27)(H,25,28). The van der Waals surface area contributed by atoms with E-state index in [0.29, 0.717) is 16.5 Å². The topological polar surface area (TPSA) is 96.5 Å². The van der Waals surface area contributed by atoms with Gasteiger partial charge in [-0.25, -0.2) is 0 Å². The summed E-state index contributed by atoms with van der Waals surface area (Å²) in [6, 6.07) is 10.6. The molecule has 2 aromatic carbocycles. The van der Waals surface area contributed by atoms with Crippen LogP contribution in [0.4, 0.5) is 5.69 Å². The molecule has 0 radical (unpaired) electrons. The van der Waals surface area contributed by atoms with Gasteiger partial charge >= 0.3 is 0 Å². The molecule has 0 atom stereocenters. The lowest BCUT2D eigenvalue weighted by Crippen LogP contribution is -2.44. The number of amides is 3. The highest BCUT2D eigenvalue weighted by Gasteiger charge is 2.10. The highest BCUT2D eigenvalue weighted by Crippen LogP contribution is 2.20. The van der Waals surface area contributed by atoms with Crippen molar-refractivity contribution in [2.45, 2.75) is 33.6 Å². The number of anilines is 1. The Morgan fingerprint density at radius 2 is 1.52 bits per heavy atom. The minimum Gasteiger partial charge on any atom is -0.484 e. The monoisotopic (exact) mass is 417 g/mol. The molecule has 2 rings (SSSR count). The Morgan fingerprint density at radius 1 is 0.828 bits per heavy atom. The summed E-state index contributed by atoms with van der Waals surface area (Å²) in [5, 5.41) is 3.35. The molecular formula is C21H24ClN3O4. The van der Waals surface area contributed by atoms with Gasteiger partial charge in [0.25, 0.3) is 5.91 Å². The van der Waals surface area contributed by atoms with Crippen molar-refractivity contribution in [1.82, 2.24) is 10.9 Å². The first-order valence-corrected chi connectivity index (χ1v) is 9.46. The van der Waals surface area contributed by atoms with E-state index in [1.54, 1.807) is 18.2 Å². The number of hydrazine groups is 1. The Kier molecular flexibility index (Phi) is 8.03. The quantitative estimate of drug-likeness (QED) is 0.602. The average molecular weight is 418 g/mol. The summed E-state index contributed by atoms with van der Waals surface area (Å²) in [6.07, 6.45) is -0.0661. The van der Waals surface area contributed by atoms with Crippen molar-refractivity contribution >= 4 is 35.0 Å². The Hall–Kier alpha value is -3.06. The summed E-state index contributed by atoms with van der Waals surface area (Å²) >= 11 is 5.93. The largest absolute Gasteiger partial charge is 0.484 e. The molecule has 29 heavy (non-hydrogen) atoms. The van der Waals surface area contributed by atoms with Crippen LogP contribution >= 0.6 is 11.6 Å². The van der Waals surface area contributed by atoms with Gasteiger partial charge in [-0.3, -0.25) is 25.2 Å². The molecule has 2 aromatic rings. The maximum atomic E-state index is 12.0. The molecule has 8 heteroatoms. The SMILES string of the molecule is Cc1ccc(NC(=O)CCC(=O)NNC(=O)COc2ccc(Cl)c(C)c2)cc1C. The summed E-state index contributed by atoms with van der Waals surface area (Å²) in [5.41, 5.74) is 8.21. The van der Waals surface area contributed by atoms with Crippen LogP contribution in [-0.2, 0) is 14.4 Å². The highest BCUT2D eigenvalue weighted by atomic mass is 35.5. The second kappa shape index (κ2) is 10.5. The Morgan fingerprint density at radius 3 is 2.21 bits per heavy atom. The van der Waals surface area contributed by atoms with E-state index in [0.717, 1.165) is 16.7 Å². The van der Waals surface area contributed by atoms with Crippen LogP contribution in [0.25, 0.3) is 0 Å². The van der Waals surface area contributed by atoms with Gasteiger partial charge in [0.2, 0.25) is 11.8 Å². The number of hydrogen-bond donors (Lipinski definition) is 3. The Bertz CT molecular complexity index is 915. The van der Waals surface area contributed by atoms with E-state index >= 15 is 0 Å². The van der Waals surface area contributed by atoms with Gasteiger partial charge in [-0.2, -0.15) is 0 Å². The molecule has 0 spiro atoms. The summed E-state index contributed by atoms with van der Waals surface area (Å²) in [4.78, 5) is 35.5. The zero-order valence-corrected chi connectivity index (χ0v) is 17.4. The van der Waals surface area contributed by atoms with E-state index in [1.807, 2.05) is 39.0 Å². The molecule has 0 heterocycles. The third-order valence-electron chi connectivity index (χ3n) is 4.21. The molecule has 0 fully saturated rings. The molecule has 0 aliphatic rings. The van der Waals surface area contributed by atoms with E-state index in [4.69, 9.17) is 16.3 Å². The second-order valence-electron chi connectivity index (χ2n) is 6.64. The van der Waals surface area contributed by atoms with Crippen LogP contribution in [0.15, 0.2) is 36.4 Å². The van der Waals surface area contributed by atoms with Crippen molar-refractivity contribution < 1.29 is 19.1 Å². The fourth-order valence-corrected chi connectivity index (χ4v) is 2.48. The smallest absolute Gasteiger partial charge is 0.276 e. The number of aryl methyl sites for hydroxylation is 3. The maximum Gasteiger partial charge on any atom is 0.276 e. The minimum absolute atomic E-state index is 0.00478. The van der Waals surface area contributed by atoms with E-state index < -0.39 is 11.8 Å². The van der Waals surface area contributed by atoms with E-state index in [9.17, 15) is 14.4 Å². The lowest BCUT2D eigenvalue weighted by atomic mass is 10.1. The lowest BCUT2D eigenvalue weighted by Gasteiger charge is -2.10. The first-order valence-electron chi connectivity index (χ1n) is 9.08.